The number of carboxylic acid groups (broad SMARTS) is 4. The third-order valence-electron chi connectivity index (χ3n) is 0. The van der Waals surface area contributed by atoms with Gasteiger partial charge in [0.25, 0.3) is 0 Å². The Kier molecular flexibility index (Phi) is 11.7. The fraction of sp³-hybridized carbons (Fsp3) is 0.714. The van der Waals surface area contributed by atoms with Gasteiger partial charge in [0, 0.05) is 0 Å². The second kappa shape index (κ2) is 8.63. The molecule has 0 aromatic heterocycles. The highest BCUT2D eigenvalue weighted by atomic mass is 16.6. The number of rotatable bonds is 0. The molecule has 0 aliphatic carbocycles. The Morgan fingerprint density at radius 1 is 0.769 bits per heavy atom. The van der Waals surface area contributed by atoms with E-state index in [0.29, 0.717) is 5.41 Å². The summed E-state index contributed by atoms with van der Waals surface area (Å²) in [6.07, 6.45) is -3.67. The summed E-state index contributed by atoms with van der Waals surface area (Å²) in [5.41, 5.74) is 0.500. The molecule has 0 atom stereocenters. The monoisotopic (exact) mass is 196 g/mol. The Balaban J connectivity index is -0.000000117. The van der Waals surface area contributed by atoms with Crippen LogP contribution in [0.15, 0.2) is 0 Å². The van der Waals surface area contributed by atoms with Crippen molar-refractivity contribution in [2.75, 3.05) is 0 Å². The van der Waals surface area contributed by atoms with Gasteiger partial charge in [-0.25, -0.2) is 9.59 Å². The van der Waals surface area contributed by atoms with Gasteiger partial charge in [-0.2, -0.15) is 0 Å². The highest BCUT2D eigenvalue weighted by Crippen LogP contribution is 2.07. The quantitative estimate of drug-likeness (QED) is 0.473. The Labute approximate surface area is 76.4 Å². The highest BCUT2D eigenvalue weighted by Gasteiger charge is 1.95. The van der Waals surface area contributed by atoms with Gasteiger partial charge in [-0.1, -0.05) is 27.7 Å². The third-order valence-corrected chi connectivity index (χ3v) is 0. The molecule has 0 aliphatic rings. The van der Waals surface area contributed by atoms with Crippen LogP contribution in [0, 0.1) is 5.41 Å². The Hall–Kier alpha value is -1.46. The van der Waals surface area contributed by atoms with Crippen LogP contribution in [0.5, 0.6) is 0 Å². The van der Waals surface area contributed by atoms with Crippen LogP contribution in [0.3, 0.4) is 0 Å². The first-order valence-electron chi connectivity index (χ1n) is 3.30. The van der Waals surface area contributed by atoms with Crippen molar-refractivity contribution < 1.29 is 30.0 Å². The minimum absolute atomic E-state index is 0.500. The summed E-state index contributed by atoms with van der Waals surface area (Å²) in [7, 11) is 0. The van der Waals surface area contributed by atoms with Crippen LogP contribution in [-0.4, -0.2) is 32.7 Å². The van der Waals surface area contributed by atoms with Crippen LogP contribution in [0.2, 0.25) is 0 Å². The average Bonchev–Trinajstić information content (AvgIpc) is 1.50. The summed E-state index contributed by atoms with van der Waals surface area (Å²) in [5.74, 6) is 0. The highest BCUT2D eigenvalue weighted by molar-refractivity contribution is 5.53. The van der Waals surface area contributed by atoms with E-state index in [2.05, 4.69) is 27.7 Å². The average molecular weight is 196 g/mol. The molecule has 0 aromatic rings. The van der Waals surface area contributed by atoms with E-state index in [1.54, 1.807) is 0 Å². The van der Waals surface area contributed by atoms with Crippen molar-refractivity contribution in [3.05, 3.63) is 0 Å². The van der Waals surface area contributed by atoms with Crippen molar-refractivity contribution >= 4 is 12.3 Å². The van der Waals surface area contributed by atoms with Gasteiger partial charge in [0.1, 0.15) is 0 Å². The van der Waals surface area contributed by atoms with Gasteiger partial charge >= 0.3 is 12.3 Å². The van der Waals surface area contributed by atoms with Crippen molar-refractivity contribution in [2.24, 2.45) is 5.41 Å². The van der Waals surface area contributed by atoms with Gasteiger partial charge in [0.15, 0.2) is 0 Å². The van der Waals surface area contributed by atoms with Gasteiger partial charge in [0.05, 0.1) is 0 Å². The maximum Gasteiger partial charge on any atom is 0.503 e. The molecular weight excluding hydrogens is 180 g/mol. The molecule has 6 nitrogen and oxygen atoms in total. The second-order valence-corrected chi connectivity index (χ2v) is 3.57. The van der Waals surface area contributed by atoms with Crippen molar-refractivity contribution in [3.8, 4) is 0 Å². The van der Waals surface area contributed by atoms with E-state index < -0.39 is 12.3 Å². The topological polar surface area (TPSA) is 115 Å². The van der Waals surface area contributed by atoms with E-state index in [1.165, 1.54) is 0 Å². The van der Waals surface area contributed by atoms with Crippen LogP contribution < -0.4 is 0 Å². The van der Waals surface area contributed by atoms with Crippen molar-refractivity contribution in [1.82, 2.24) is 0 Å². The third kappa shape index (κ3) is 361. The molecule has 0 amide bonds. The fourth-order valence-corrected chi connectivity index (χ4v) is 0. The molecule has 0 spiro atoms. The van der Waals surface area contributed by atoms with Crippen LogP contribution in [0.25, 0.3) is 0 Å². The van der Waals surface area contributed by atoms with E-state index in [4.69, 9.17) is 30.0 Å². The Morgan fingerprint density at radius 3 is 0.769 bits per heavy atom. The zero-order chi connectivity index (χ0) is 11.7. The Bertz CT molecular complexity index is 120. The predicted molar refractivity (Wildman–Crippen MR) is 46.4 cm³/mol. The Morgan fingerprint density at radius 2 is 0.769 bits per heavy atom. The molecule has 4 N–H and O–H groups in total. The summed E-state index contributed by atoms with van der Waals surface area (Å²) in [4.78, 5) is 17.1. The standard InChI is InChI=1S/C5H12.2CH2O3/c1-5(2,3)4;2*2-1(3)4/h1-4H3;2*(H2,2,3,4). The maximum absolute atomic E-state index is 8.56. The van der Waals surface area contributed by atoms with Gasteiger partial charge in [0.2, 0.25) is 0 Å². The molecule has 13 heavy (non-hydrogen) atoms. The predicted octanol–water partition coefficient (Wildman–Crippen LogP) is 2.50. The summed E-state index contributed by atoms with van der Waals surface area (Å²) in [6, 6.07) is 0. The van der Waals surface area contributed by atoms with Gasteiger partial charge in [-0.3, -0.25) is 0 Å². The molecule has 0 fully saturated rings. The first kappa shape index (κ1) is 17.6. The van der Waals surface area contributed by atoms with E-state index in [9.17, 15) is 0 Å². The minimum atomic E-state index is -1.83. The first-order chi connectivity index (χ1) is 5.46. The molecular formula is C7H16O6. The first-order valence-corrected chi connectivity index (χ1v) is 3.30. The van der Waals surface area contributed by atoms with Gasteiger partial charge in [-0.05, 0) is 5.41 Å². The molecule has 0 heterocycles. The van der Waals surface area contributed by atoms with Crippen LogP contribution in [0.4, 0.5) is 9.59 Å². The van der Waals surface area contributed by atoms with Crippen LogP contribution in [-0.2, 0) is 0 Å². The van der Waals surface area contributed by atoms with E-state index in [-0.39, 0.29) is 0 Å². The summed E-state index contributed by atoms with van der Waals surface area (Å²) >= 11 is 0. The van der Waals surface area contributed by atoms with E-state index >= 15 is 0 Å². The summed E-state index contributed by atoms with van der Waals surface area (Å²) < 4.78 is 0. The molecule has 0 rings (SSSR count). The lowest BCUT2D eigenvalue weighted by molar-refractivity contribution is 0.135. The van der Waals surface area contributed by atoms with Crippen LogP contribution >= 0.6 is 0 Å². The summed E-state index contributed by atoms with van der Waals surface area (Å²) in [6.45, 7) is 8.75. The number of hydrogen-bond donors (Lipinski definition) is 4. The van der Waals surface area contributed by atoms with Gasteiger partial charge < -0.3 is 20.4 Å². The van der Waals surface area contributed by atoms with Crippen LogP contribution in [0.1, 0.15) is 27.7 Å². The second-order valence-electron chi connectivity index (χ2n) is 3.57. The van der Waals surface area contributed by atoms with Crippen molar-refractivity contribution in [2.45, 2.75) is 27.7 Å². The SMILES string of the molecule is CC(C)(C)C.O=C(O)O.O=C(O)O. The fourth-order valence-electron chi connectivity index (χ4n) is 0. The molecule has 0 saturated heterocycles. The largest absolute Gasteiger partial charge is 0.503 e. The molecule has 0 saturated carbocycles. The van der Waals surface area contributed by atoms with E-state index in [1.807, 2.05) is 0 Å². The molecule has 0 radical (unpaired) electrons. The lowest BCUT2D eigenvalue weighted by atomic mass is 10.0. The summed E-state index contributed by atoms with van der Waals surface area (Å²) in [5, 5.41) is 27.9. The zero-order valence-corrected chi connectivity index (χ0v) is 8.11. The van der Waals surface area contributed by atoms with Gasteiger partial charge in [-0.15, -0.1) is 0 Å². The minimum Gasteiger partial charge on any atom is -0.450 e. The van der Waals surface area contributed by atoms with Crippen molar-refractivity contribution in [1.29, 1.82) is 0 Å². The molecule has 6 heteroatoms. The number of carbonyl (C=O) groups is 2. The normalized spacial score (nSPS) is 8.31. The molecule has 0 aromatic carbocycles. The molecule has 0 unspecified atom stereocenters. The maximum atomic E-state index is 8.56. The molecule has 80 valence electrons. The molecule has 0 aliphatic heterocycles. The van der Waals surface area contributed by atoms with Crippen molar-refractivity contribution in [3.63, 3.8) is 0 Å². The number of hydrogen-bond acceptors (Lipinski definition) is 2. The smallest absolute Gasteiger partial charge is 0.450 e. The lowest BCUT2D eigenvalue weighted by Crippen LogP contribution is -1.93. The molecule has 0 bridgehead atoms. The van der Waals surface area contributed by atoms with E-state index in [0.717, 1.165) is 0 Å². The lowest BCUT2D eigenvalue weighted by Gasteiger charge is -2.05. The zero-order valence-electron chi connectivity index (χ0n) is 8.11.